The number of rotatable bonds is 2. The summed E-state index contributed by atoms with van der Waals surface area (Å²) < 4.78 is 0. The number of carbonyl (C=O) groups is 2. The summed E-state index contributed by atoms with van der Waals surface area (Å²) in [5.74, 6) is 0.0271. The van der Waals surface area contributed by atoms with Gasteiger partial charge in [-0.3, -0.25) is 4.79 Å². The van der Waals surface area contributed by atoms with Gasteiger partial charge in [-0.05, 0) is 50.7 Å². The summed E-state index contributed by atoms with van der Waals surface area (Å²) in [7, 11) is 0. The Labute approximate surface area is 137 Å². The van der Waals surface area contributed by atoms with Crippen LogP contribution in [0.2, 0.25) is 0 Å². The number of nitrogens with one attached hydrogen (secondary N) is 1. The van der Waals surface area contributed by atoms with E-state index >= 15 is 0 Å². The third-order valence-electron chi connectivity index (χ3n) is 4.69. The first kappa shape index (κ1) is 15.8. The number of para-hydroxylation sites is 1. The summed E-state index contributed by atoms with van der Waals surface area (Å²) in [4.78, 5) is 28.9. The van der Waals surface area contributed by atoms with Crippen LogP contribution in [0.4, 0.5) is 10.5 Å². The van der Waals surface area contributed by atoms with Crippen molar-refractivity contribution >= 4 is 17.6 Å². The van der Waals surface area contributed by atoms with Crippen LogP contribution in [0.15, 0.2) is 24.3 Å². The Morgan fingerprint density at radius 3 is 2.00 bits per heavy atom. The largest absolute Gasteiger partial charge is 0.339 e. The van der Waals surface area contributed by atoms with Crippen LogP contribution in [0.5, 0.6) is 0 Å². The number of anilines is 1. The van der Waals surface area contributed by atoms with Gasteiger partial charge in [0.05, 0.1) is 11.3 Å². The SMILES string of the molecule is O=C(Nc1ccccc1C(=O)N1CCCCC1)N1CCCCC1. The van der Waals surface area contributed by atoms with E-state index in [2.05, 4.69) is 5.32 Å². The summed E-state index contributed by atoms with van der Waals surface area (Å²) in [5.41, 5.74) is 1.22. The molecule has 2 saturated heterocycles. The molecule has 0 bridgehead atoms. The highest BCUT2D eigenvalue weighted by molar-refractivity contribution is 6.03. The monoisotopic (exact) mass is 315 g/mol. The fourth-order valence-electron chi connectivity index (χ4n) is 3.34. The van der Waals surface area contributed by atoms with Crippen LogP contribution in [-0.2, 0) is 0 Å². The highest BCUT2D eigenvalue weighted by atomic mass is 16.2. The summed E-state index contributed by atoms with van der Waals surface area (Å²) in [6.45, 7) is 3.22. The van der Waals surface area contributed by atoms with Crippen molar-refractivity contribution in [2.75, 3.05) is 31.5 Å². The number of piperidine rings is 2. The maximum Gasteiger partial charge on any atom is 0.321 e. The van der Waals surface area contributed by atoms with Crippen molar-refractivity contribution < 1.29 is 9.59 Å². The van der Waals surface area contributed by atoms with Gasteiger partial charge in [0.2, 0.25) is 0 Å². The molecule has 3 rings (SSSR count). The van der Waals surface area contributed by atoms with Crippen LogP contribution >= 0.6 is 0 Å². The Balaban J connectivity index is 1.72. The number of benzene rings is 1. The molecule has 1 aromatic carbocycles. The number of hydrogen-bond acceptors (Lipinski definition) is 2. The second-order valence-electron chi connectivity index (χ2n) is 6.38. The molecule has 0 aliphatic carbocycles. The van der Waals surface area contributed by atoms with Gasteiger partial charge in [0, 0.05) is 26.2 Å². The fourth-order valence-corrected chi connectivity index (χ4v) is 3.34. The first-order chi connectivity index (χ1) is 11.3. The zero-order valence-corrected chi connectivity index (χ0v) is 13.6. The highest BCUT2D eigenvalue weighted by Gasteiger charge is 2.22. The maximum atomic E-state index is 12.7. The quantitative estimate of drug-likeness (QED) is 0.910. The van der Waals surface area contributed by atoms with Crippen molar-refractivity contribution in [1.29, 1.82) is 0 Å². The Morgan fingerprint density at radius 1 is 0.783 bits per heavy atom. The van der Waals surface area contributed by atoms with Crippen LogP contribution in [0.25, 0.3) is 0 Å². The van der Waals surface area contributed by atoms with Gasteiger partial charge in [-0.2, -0.15) is 0 Å². The standard InChI is InChI=1S/C18H25N3O2/c22-17(20-11-5-1-6-12-20)15-9-3-4-10-16(15)19-18(23)21-13-7-2-8-14-21/h3-4,9-10H,1-2,5-8,11-14H2,(H,19,23). The van der Waals surface area contributed by atoms with E-state index in [4.69, 9.17) is 0 Å². The van der Waals surface area contributed by atoms with E-state index in [9.17, 15) is 9.59 Å². The zero-order valence-electron chi connectivity index (χ0n) is 13.6. The van der Waals surface area contributed by atoms with Crippen LogP contribution < -0.4 is 5.32 Å². The van der Waals surface area contributed by atoms with Crippen molar-refractivity contribution in [3.8, 4) is 0 Å². The predicted molar refractivity (Wildman–Crippen MR) is 90.6 cm³/mol. The molecule has 5 nitrogen and oxygen atoms in total. The lowest BCUT2D eigenvalue weighted by Crippen LogP contribution is -2.39. The zero-order chi connectivity index (χ0) is 16.1. The van der Waals surface area contributed by atoms with Gasteiger partial charge in [-0.1, -0.05) is 12.1 Å². The van der Waals surface area contributed by atoms with Gasteiger partial charge in [-0.25, -0.2) is 4.79 Å². The van der Waals surface area contributed by atoms with E-state index in [1.165, 1.54) is 12.8 Å². The minimum atomic E-state index is -0.0939. The Bertz CT molecular complexity index is 561. The molecule has 0 radical (unpaired) electrons. The van der Waals surface area contributed by atoms with Crippen molar-refractivity contribution in [1.82, 2.24) is 9.80 Å². The number of hydrogen-bond donors (Lipinski definition) is 1. The average Bonchev–Trinajstić information content (AvgIpc) is 2.63. The molecule has 23 heavy (non-hydrogen) atoms. The lowest BCUT2D eigenvalue weighted by Gasteiger charge is -2.29. The normalized spacial score (nSPS) is 18.6. The molecule has 1 N–H and O–H groups in total. The molecule has 124 valence electrons. The second kappa shape index (κ2) is 7.49. The molecular formula is C18H25N3O2. The summed E-state index contributed by atoms with van der Waals surface area (Å²) >= 11 is 0. The van der Waals surface area contributed by atoms with E-state index in [-0.39, 0.29) is 11.9 Å². The van der Waals surface area contributed by atoms with Crippen LogP contribution in [-0.4, -0.2) is 47.9 Å². The Hall–Kier alpha value is -2.04. The van der Waals surface area contributed by atoms with E-state index in [0.29, 0.717) is 11.3 Å². The van der Waals surface area contributed by atoms with Crippen molar-refractivity contribution in [2.45, 2.75) is 38.5 Å². The third-order valence-corrected chi connectivity index (χ3v) is 4.69. The number of likely N-dealkylation sites (tertiary alicyclic amines) is 2. The van der Waals surface area contributed by atoms with Gasteiger partial charge in [0.15, 0.2) is 0 Å². The Kier molecular flexibility index (Phi) is 5.16. The lowest BCUT2D eigenvalue weighted by molar-refractivity contribution is 0.0725. The van der Waals surface area contributed by atoms with Gasteiger partial charge < -0.3 is 15.1 Å². The maximum absolute atomic E-state index is 12.7. The second-order valence-corrected chi connectivity index (χ2v) is 6.38. The molecule has 5 heteroatoms. The molecule has 0 unspecified atom stereocenters. The fraction of sp³-hybridized carbons (Fsp3) is 0.556. The van der Waals surface area contributed by atoms with E-state index < -0.39 is 0 Å². The number of nitrogens with zero attached hydrogens (tertiary/aromatic N) is 2. The molecule has 2 fully saturated rings. The molecule has 3 amide bonds. The van der Waals surface area contributed by atoms with Gasteiger partial charge in [0.1, 0.15) is 0 Å². The van der Waals surface area contributed by atoms with Crippen LogP contribution in [0.1, 0.15) is 48.9 Å². The molecular weight excluding hydrogens is 290 g/mol. The van der Waals surface area contributed by atoms with E-state index in [1.54, 1.807) is 0 Å². The molecule has 2 aliphatic heterocycles. The van der Waals surface area contributed by atoms with Crippen molar-refractivity contribution in [2.24, 2.45) is 0 Å². The molecule has 2 aliphatic rings. The predicted octanol–water partition coefficient (Wildman–Crippen LogP) is 3.33. The number of amides is 3. The van der Waals surface area contributed by atoms with Crippen LogP contribution in [0.3, 0.4) is 0 Å². The molecule has 1 aromatic rings. The molecule has 2 heterocycles. The van der Waals surface area contributed by atoms with Crippen molar-refractivity contribution in [3.63, 3.8) is 0 Å². The summed E-state index contributed by atoms with van der Waals surface area (Å²) in [6.07, 6.45) is 6.62. The average molecular weight is 315 g/mol. The molecule has 0 spiro atoms. The van der Waals surface area contributed by atoms with Crippen molar-refractivity contribution in [3.05, 3.63) is 29.8 Å². The molecule has 0 atom stereocenters. The van der Waals surface area contributed by atoms with E-state index in [1.807, 2.05) is 34.1 Å². The third kappa shape index (κ3) is 3.84. The van der Waals surface area contributed by atoms with E-state index in [0.717, 1.165) is 51.9 Å². The number of urea groups is 1. The van der Waals surface area contributed by atoms with Gasteiger partial charge in [-0.15, -0.1) is 0 Å². The summed E-state index contributed by atoms with van der Waals surface area (Å²) in [6, 6.07) is 7.25. The Morgan fingerprint density at radius 2 is 1.35 bits per heavy atom. The smallest absolute Gasteiger partial charge is 0.321 e. The number of carbonyl (C=O) groups excluding carboxylic acids is 2. The molecule has 0 aromatic heterocycles. The van der Waals surface area contributed by atoms with Gasteiger partial charge in [0.25, 0.3) is 5.91 Å². The minimum Gasteiger partial charge on any atom is -0.339 e. The highest BCUT2D eigenvalue weighted by Crippen LogP contribution is 2.21. The van der Waals surface area contributed by atoms with Gasteiger partial charge >= 0.3 is 6.03 Å². The first-order valence-electron chi connectivity index (χ1n) is 8.70. The molecule has 0 saturated carbocycles. The first-order valence-corrected chi connectivity index (χ1v) is 8.70. The lowest BCUT2D eigenvalue weighted by atomic mass is 10.1. The van der Waals surface area contributed by atoms with Crippen LogP contribution in [0, 0.1) is 0 Å². The topological polar surface area (TPSA) is 52.7 Å². The summed E-state index contributed by atoms with van der Waals surface area (Å²) in [5, 5.41) is 2.94. The minimum absolute atomic E-state index is 0.0271.